The molecule has 0 aromatic heterocycles. The Balaban J connectivity index is 2.35. The summed E-state index contributed by atoms with van der Waals surface area (Å²) in [5, 5.41) is 13.8. The smallest absolute Gasteiger partial charge is 0.162 e. The predicted molar refractivity (Wildman–Crippen MR) is 84.5 cm³/mol. The van der Waals surface area contributed by atoms with E-state index in [1.165, 1.54) is 0 Å². The molecule has 112 valence electrons. The minimum atomic E-state index is 0.244. The summed E-state index contributed by atoms with van der Waals surface area (Å²) in [4.78, 5) is 2.45. The molecule has 0 radical (unpaired) electrons. The van der Waals surface area contributed by atoms with Crippen LogP contribution in [-0.2, 0) is 0 Å². The Labute approximate surface area is 129 Å². The molecular weight excluding hydrogens is 320 g/mol. The molecule has 1 aliphatic heterocycles. The lowest BCUT2D eigenvalue weighted by atomic mass is 9.98. The first-order valence-electron chi connectivity index (χ1n) is 7.18. The summed E-state index contributed by atoms with van der Waals surface area (Å²) in [5.74, 6) is 0.804. The number of nitrogens with zero attached hydrogens (tertiary/aromatic N) is 1. The summed E-state index contributed by atoms with van der Waals surface area (Å²) in [6.07, 6.45) is 2.12. The summed E-state index contributed by atoms with van der Waals surface area (Å²) < 4.78 is 6.21. The van der Waals surface area contributed by atoms with Gasteiger partial charge in [0.1, 0.15) is 0 Å². The number of phenolic OH excluding ortho intramolecular Hbond substituents is 1. The first kappa shape index (κ1) is 15.6. The van der Waals surface area contributed by atoms with Crippen molar-refractivity contribution in [3.05, 3.63) is 22.2 Å². The number of phenols is 1. The highest BCUT2D eigenvalue weighted by Gasteiger charge is 2.25. The van der Waals surface area contributed by atoms with Crippen LogP contribution in [0.25, 0.3) is 0 Å². The molecule has 1 aromatic carbocycles. The Hall–Kier alpha value is -0.780. The van der Waals surface area contributed by atoms with Gasteiger partial charge in [-0.2, -0.15) is 0 Å². The number of hydrogen-bond acceptors (Lipinski definition) is 4. The minimum absolute atomic E-state index is 0.244. The van der Waals surface area contributed by atoms with E-state index < -0.39 is 0 Å². The minimum Gasteiger partial charge on any atom is -0.504 e. The maximum Gasteiger partial charge on any atom is 0.162 e. The van der Waals surface area contributed by atoms with Crippen LogP contribution in [0.1, 0.15) is 31.4 Å². The van der Waals surface area contributed by atoms with Gasteiger partial charge in [-0.15, -0.1) is 0 Å². The summed E-state index contributed by atoms with van der Waals surface area (Å²) in [6.45, 7) is 6.22. The van der Waals surface area contributed by atoms with Gasteiger partial charge in [0.05, 0.1) is 7.11 Å². The molecule has 1 aromatic rings. The molecule has 1 atom stereocenters. The lowest BCUT2D eigenvalue weighted by Gasteiger charge is -2.35. The molecule has 4 nitrogen and oxygen atoms in total. The van der Waals surface area contributed by atoms with E-state index in [1.54, 1.807) is 13.2 Å². The van der Waals surface area contributed by atoms with Gasteiger partial charge < -0.3 is 15.2 Å². The Bertz CT molecular complexity index is 448. The van der Waals surface area contributed by atoms with Crippen LogP contribution in [-0.4, -0.2) is 43.3 Å². The van der Waals surface area contributed by atoms with E-state index in [-0.39, 0.29) is 11.8 Å². The van der Waals surface area contributed by atoms with Crippen LogP contribution < -0.4 is 10.1 Å². The van der Waals surface area contributed by atoms with Gasteiger partial charge in [0, 0.05) is 42.3 Å². The van der Waals surface area contributed by atoms with Crippen LogP contribution in [0.2, 0.25) is 0 Å². The lowest BCUT2D eigenvalue weighted by Crippen LogP contribution is -2.45. The SMILES string of the molecule is CCC[C@H](c1cc(Br)cc(OC)c1O)N1CCNCC1. The fraction of sp³-hybridized carbons (Fsp3) is 0.600. The molecule has 0 spiro atoms. The second-order valence-corrected chi connectivity index (χ2v) is 6.05. The monoisotopic (exact) mass is 342 g/mol. The number of methoxy groups -OCH3 is 1. The molecule has 0 bridgehead atoms. The van der Waals surface area contributed by atoms with Crippen LogP contribution in [0.3, 0.4) is 0 Å². The maximum atomic E-state index is 10.5. The fourth-order valence-corrected chi connectivity index (χ4v) is 3.26. The van der Waals surface area contributed by atoms with Crippen molar-refractivity contribution in [2.24, 2.45) is 0 Å². The van der Waals surface area contributed by atoms with Gasteiger partial charge >= 0.3 is 0 Å². The van der Waals surface area contributed by atoms with Gasteiger partial charge in [0.25, 0.3) is 0 Å². The molecule has 20 heavy (non-hydrogen) atoms. The fourth-order valence-electron chi connectivity index (χ4n) is 2.81. The summed E-state index contributed by atoms with van der Waals surface area (Å²) >= 11 is 3.51. The van der Waals surface area contributed by atoms with Crippen LogP contribution in [0.4, 0.5) is 0 Å². The number of hydrogen-bond donors (Lipinski definition) is 2. The third-order valence-corrected chi connectivity index (χ3v) is 4.26. The highest BCUT2D eigenvalue weighted by atomic mass is 79.9. The second kappa shape index (κ2) is 7.29. The van der Waals surface area contributed by atoms with Crippen molar-refractivity contribution in [2.45, 2.75) is 25.8 Å². The molecule has 2 rings (SSSR count). The number of rotatable bonds is 5. The standard InChI is InChI=1S/C15H23BrN2O2/c1-3-4-13(18-7-5-17-6-8-18)12-9-11(16)10-14(20-2)15(12)19/h9-10,13,17,19H,3-8H2,1-2H3/t13-/m1/s1. The number of nitrogens with one attached hydrogen (secondary N) is 1. The molecule has 0 amide bonds. The molecule has 1 saturated heterocycles. The Morgan fingerprint density at radius 2 is 2.10 bits per heavy atom. The zero-order valence-electron chi connectivity index (χ0n) is 12.2. The summed E-state index contributed by atoms with van der Waals surface area (Å²) in [7, 11) is 1.59. The van der Waals surface area contributed by atoms with Crippen molar-refractivity contribution in [3.8, 4) is 11.5 Å². The van der Waals surface area contributed by atoms with Gasteiger partial charge in [-0.3, -0.25) is 4.90 Å². The van der Waals surface area contributed by atoms with Crippen molar-refractivity contribution in [1.82, 2.24) is 10.2 Å². The van der Waals surface area contributed by atoms with E-state index in [0.717, 1.165) is 49.1 Å². The van der Waals surface area contributed by atoms with Crippen molar-refractivity contribution >= 4 is 15.9 Å². The predicted octanol–water partition coefficient (Wildman–Crippen LogP) is 2.91. The van der Waals surface area contributed by atoms with Gasteiger partial charge in [-0.1, -0.05) is 29.3 Å². The average molecular weight is 343 g/mol. The molecule has 1 aliphatic rings. The zero-order chi connectivity index (χ0) is 14.5. The Morgan fingerprint density at radius 1 is 1.40 bits per heavy atom. The quantitative estimate of drug-likeness (QED) is 0.863. The van der Waals surface area contributed by atoms with Crippen LogP contribution in [0.15, 0.2) is 16.6 Å². The number of benzene rings is 1. The van der Waals surface area contributed by atoms with Crippen molar-refractivity contribution < 1.29 is 9.84 Å². The Morgan fingerprint density at radius 3 is 2.70 bits per heavy atom. The second-order valence-electron chi connectivity index (χ2n) is 5.14. The first-order valence-corrected chi connectivity index (χ1v) is 7.97. The number of aromatic hydroxyl groups is 1. The Kier molecular flexibility index (Phi) is 5.69. The third-order valence-electron chi connectivity index (χ3n) is 3.80. The van der Waals surface area contributed by atoms with Gasteiger partial charge in [0.15, 0.2) is 11.5 Å². The van der Waals surface area contributed by atoms with Crippen LogP contribution >= 0.6 is 15.9 Å². The number of ether oxygens (including phenoxy) is 1. The molecule has 1 fully saturated rings. The van der Waals surface area contributed by atoms with E-state index in [1.807, 2.05) is 6.07 Å². The summed E-state index contributed by atoms with van der Waals surface area (Å²) in [6, 6.07) is 4.06. The largest absolute Gasteiger partial charge is 0.504 e. The highest BCUT2D eigenvalue weighted by molar-refractivity contribution is 9.10. The highest BCUT2D eigenvalue weighted by Crippen LogP contribution is 2.40. The lowest BCUT2D eigenvalue weighted by molar-refractivity contribution is 0.161. The van der Waals surface area contributed by atoms with Gasteiger partial charge in [-0.05, 0) is 18.6 Å². The molecule has 0 unspecified atom stereocenters. The van der Waals surface area contributed by atoms with E-state index in [0.29, 0.717) is 5.75 Å². The van der Waals surface area contributed by atoms with Crippen LogP contribution in [0.5, 0.6) is 11.5 Å². The first-order chi connectivity index (χ1) is 9.67. The van der Waals surface area contributed by atoms with Crippen molar-refractivity contribution in [2.75, 3.05) is 33.3 Å². The van der Waals surface area contributed by atoms with Crippen LogP contribution in [0, 0.1) is 0 Å². The van der Waals surface area contributed by atoms with Gasteiger partial charge in [0.2, 0.25) is 0 Å². The van der Waals surface area contributed by atoms with Crippen molar-refractivity contribution in [1.29, 1.82) is 0 Å². The third kappa shape index (κ3) is 3.45. The van der Waals surface area contributed by atoms with Crippen molar-refractivity contribution in [3.63, 3.8) is 0 Å². The number of piperazine rings is 1. The molecule has 0 saturated carbocycles. The molecule has 5 heteroatoms. The van der Waals surface area contributed by atoms with Gasteiger partial charge in [-0.25, -0.2) is 0 Å². The summed E-state index contributed by atoms with van der Waals surface area (Å²) in [5.41, 5.74) is 0.958. The molecular formula is C15H23BrN2O2. The van der Waals surface area contributed by atoms with E-state index in [2.05, 4.69) is 33.1 Å². The van der Waals surface area contributed by atoms with E-state index in [4.69, 9.17) is 4.74 Å². The topological polar surface area (TPSA) is 44.7 Å². The normalized spacial score (nSPS) is 17.9. The van der Waals surface area contributed by atoms with E-state index >= 15 is 0 Å². The maximum absolute atomic E-state index is 10.5. The molecule has 0 aliphatic carbocycles. The average Bonchev–Trinajstić information content (AvgIpc) is 2.48. The molecule has 2 N–H and O–H groups in total. The zero-order valence-corrected chi connectivity index (χ0v) is 13.7. The molecule has 1 heterocycles. The number of halogens is 1. The van der Waals surface area contributed by atoms with E-state index in [9.17, 15) is 5.11 Å².